The Labute approximate surface area is 170 Å². The van der Waals surface area contributed by atoms with E-state index in [-0.39, 0.29) is 11.8 Å². The smallest absolute Gasteiger partial charge is 0.272 e. The van der Waals surface area contributed by atoms with Crippen LogP contribution < -0.4 is 15.0 Å². The highest BCUT2D eigenvalue weighted by atomic mass is 16.5. The minimum absolute atomic E-state index is 0.183. The average molecular weight is 386 g/mol. The van der Waals surface area contributed by atoms with E-state index in [0.29, 0.717) is 12.1 Å². The lowest BCUT2D eigenvalue weighted by molar-refractivity contribution is -0.361. The molecule has 1 atom stereocenters. The molecule has 0 aliphatic rings. The maximum atomic E-state index is 11.0. The Balaban J connectivity index is 1.75. The van der Waals surface area contributed by atoms with Gasteiger partial charge in [0.1, 0.15) is 23.1 Å². The minimum Gasteiger partial charge on any atom is -0.505 e. The topological polar surface area (TPSA) is 68.5 Å². The lowest BCUT2D eigenvalue weighted by Gasteiger charge is -2.18. The SMILES string of the molecule is CCCOc1ccc([C@H](Nc2cccc[nH+]2)c2ccc3cccnc3c2O)cc1. The van der Waals surface area contributed by atoms with E-state index in [1.807, 2.05) is 72.9 Å². The van der Waals surface area contributed by atoms with Crippen LogP contribution >= 0.6 is 0 Å². The van der Waals surface area contributed by atoms with Gasteiger partial charge in [-0.15, -0.1) is 0 Å². The van der Waals surface area contributed by atoms with E-state index in [9.17, 15) is 5.11 Å². The largest absolute Gasteiger partial charge is 0.505 e. The van der Waals surface area contributed by atoms with Crippen molar-refractivity contribution in [2.24, 2.45) is 0 Å². The summed E-state index contributed by atoms with van der Waals surface area (Å²) in [4.78, 5) is 7.57. The summed E-state index contributed by atoms with van der Waals surface area (Å²) in [6.07, 6.45) is 4.52. The molecule has 4 aromatic rings. The zero-order valence-electron chi connectivity index (χ0n) is 16.3. The number of ether oxygens (including phenoxy) is 1. The van der Waals surface area contributed by atoms with Gasteiger partial charge >= 0.3 is 0 Å². The Morgan fingerprint density at radius 1 is 1.03 bits per heavy atom. The Hall–Kier alpha value is -3.60. The number of phenolic OH excluding ortho intramolecular Hbond substituents is 1. The van der Waals surface area contributed by atoms with Crippen LogP contribution in [0.2, 0.25) is 0 Å². The van der Waals surface area contributed by atoms with Gasteiger partial charge in [-0.2, -0.15) is 0 Å². The number of aromatic amines is 1. The number of anilines is 1. The van der Waals surface area contributed by atoms with Gasteiger partial charge in [-0.25, -0.2) is 4.98 Å². The number of benzene rings is 2. The first kappa shape index (κ1) is 18.7. The summed E-state index contributed by atoms with van der Waals surface area (Å²) in [6.45, 7) is 2.78. The number of aromatic hydroxyl groups is 1. The Morgan fingerprint density at radius 2 is 1.90 bits per heavy atom. The molecule has 5 heteroatoms. The minimum atomic E-state index is -0.264. The summed E-state index contributed by atoms with van der Waals surface area (Å²) in [5.74, 6) is 1.87. The fraction of sp³-hybridized carbons (Fsp3) is 0.167. The van der Waals surface area contributed by atoms with Gasteiger partial charge < -0.3 is 9.84 Å². The van der Waals surface area contributed by atoms with Crippen molar-refractivity contribution in [1.29, 1.82) is 0 Å². The van der Waals surface area contributed by atoms with Crippen LogP contribution in [0, 0.1) is 0 Å². The molecule has 2 aromatic carbocycles. The van der Waals surface area contributed by atoms with E-state index < -0.39 is 0 Å². The second-order valence-corrected chi connectivity index (χ2v) is 6.85. The first-order valence-electron chi connectivity index (χ1n) is 9.79. The predicted molar refractivity (Wildman–Crippen MR) is 114 cm³/mol. The van der Waals surface area contributed by atoms with Crippen molar-refractivity contribution in [3.63, 3.8) is 0 Å². The molecule has 5 nitrogen and oxygen atoms in total. The van der Waals surface area contributed by atoms with Crippen LogP contribution in [-0.2, 0) is 0 Å². The number of aromatic nitrogens is 2. The molecule has 0 saturated carbocycles. The Morgan fingerprint density at radius 3 is 2.66 bits per heavy atom. The van der Waals surface area contributed by atoms with Crippen LogP contribution in [0.1, 0.15) is 30.5 Å². The van der Waals surface area contributed by atoms with Gasteiger partial charge in [-0.1, -0.05) is 37.3 Å². The summed E-state index contributed by atoms with van der Waals surface area (Å²) < 4.78 is 5.71. The number of hydrogen-bond acceptors (Lipinski definition) is 4. The summed E-state index contributed by atoms with van der Waals surface area (Å²) in [6, 6.07) is 21.3. The van der Waals surface area contributed by atoms with Crippen molar-refractivity contribution in [1.82, 2.24) is 4.98 Å². The highest BCUT2D eigenvalue weighted by Gasteiger charge is 2.24. The molecule has 2 heterocycles. The van der Waals surface area contributed by atoms with Gasteiger partial charge in [0.2, 0.25) is 0 Å². The van der Waals surface area contributed by atoms with Gasteiger partial charge in [-0.3, -0.25) is 10.3 Å². The molecular weight excluding hydrogens is 362 g/mol. The molecule has 2 aromatic heterocycles. The molecule has 29 heavy (non-hydrogen) atoms. The van der Waals surface area contributed by atoms with E-state index in [1.165, 1.54) is 0 Å². The molecule has 0 amide bonds. The summed E-state index contributed by atoms with van der Waals surface area (Å²) in [5.41, 5.74) is 2.36. The molecule has 0 fully saturated rings. The highest BCUT2D eigenvalue weighted by molar-refractivity contribution is 5.85. The first-order valence-corrected chi connectivity index (χ1v) is 9.79. The molecule has 0 bridgehead atoms. The molecule has 0 unspecified atom stereocenters. The quantitative estimate of drug-likeness (QED) is 0.481. The lowest BCUT2D eigenvalue weighted by Crippen LogP contribution is -2.18. The maximum absolute atomic E-state index is 11.0. The van der Waals surface area contributed by atoms with E-state index in [4.69, 9.17) is 4.74 Å². The first-order chi connectivity index (χ1) is 14.3. The highest BCUT2D eigenvalue weighted by Crippen LogP contribution is 2.36. The molecule has 0 aliphatic carbocycles. The molecule has 4 rings (SSSR count). The fourth-order valence-electron chi connectivity index (χ4n) is 3.33. The molecule has 0 aliphatic heterocycles. The van der Waals surface area contributed by atoms with E-state index in [2.05, 4.69) is 22.2 Å². The molecule has 0 spiro atoms. The number of H-pyrrole nitrogens is 1. The molecule has 146 valence electrons. The average Bonchev–Trinajstić information content (AvgIpc) is 2.78. The number of rotatable bonds is 7. The van der Waals surface area contributed by atoms with Crippen LogP contribution in [0.5, 0.6) is 11.5 Å². The number of phenols is 1. The normalized spacial score (nSPS) is 11.9. The summed E-state index contributed by atoms with van der Waals surface area (Å²) >= 11 is 0. The standard InChI is InChI=1S/C24H23N3O2/c1-2-16-29-19-11-8-18(9-12-19)22(27-21-7-3-4-14-25-21)20-13-10-17-6-5-15-26-23(17)24(20)28/h3-15,22,28H,2,16H2,1H3,(H,25,27)/p+1/t22-/m0/s1. The van der Waals surface area contributed by atoms with Gasteiger partial charge in [0, 0.05) is 28.8 Å². The van der Waals surface area contributed by atoms with Crippen molar-refractivity contribution in [2.45, 2.75) is 19.4 Å². The van der Waals surface area contributed by atoms with Crippen LogP contribution in [0.15, 0.2) is 79.1 Å². The Kier molecular flexibility index (Phi) is 5.56. The van der Waals surface area contributed by atoms with Crippen LogP contribution in [-0.4, -0.2) is 16.7 Å². The second kappa shape index (κ2) is 8.61. The van der Waals surface area contributed by atoms with Gasteiger partial charge in [-0.05, 0) is 36.8 Å². The van der Waals surface area contributed by atoms with E-state index >= 15 is 0 Å². The van der Waals surface area contributed by atoms with Crippen molar-refractivity contribution < 1.29 is 14.8 Å². The van der Waals surface area contributed by atoms with Crippen molar-refractivity contribution >= 4 is 16.7 Å². The Bertz CT molecular complexity index is 1080. The third kappa shape index (κ3) is 4.14. The van der Waals surface area contributed by atoms with E-state index in [1.54, 1.807) is 6.20 Å². The molecule has 3 N–H and O–H groups in total. The molecule has 0 saturated heterocycles. The second-order valence-electron chi connectivity index (χ2n) is 6.85. The maximum Gasteiger partial charge on any atom is 0.272 e. The van der Waals surface area contributed by atoms with Gasteiger partial charge in [0.05, 0.1) is 12.8 Å². The van der Waals surface area contributed by atoms with Crippen molar-refractivity contribution in [3.8, 4) is 11.5 Å². The third-order valence-corrected chi connectivity index (χ3v) is 4.79. The zero-order chi connectivity index (χ0) is 20.1. The number of nitrogens with zero attached hydrogens (tertiary/aromatic N) is 1. The van der Waals surface area contributed by atoms with Crippen LogP contribution in [0.4, 0.5) is 5.82 Å². The predicted octanol–water partition coefficient (Wildman–Crippen LogP) is 4.74. The number of hydrogen-bond donors (Lipinski definition) is 2. The van der Waals surface area contributed by atoms with Gasteiger partial charge in [0.15, 0.2) is 0 Å². The molecule has 0 radical (unpaired) electrons. The van der Waals surface area contributed by atoms with E-state index in [0.717, 1.165) is 34.5 Å². The fourth-order valence-corrected chi connectivity index (χ4v) is 3.33. The number of nitrogens with one attached hydrogen (secondary N) is 2. The third-order valence-electron chi connectivity index (χ3n) is 4.79. The number of pyridine rings is 2. The monoisotopic (exact) mass is 386 g/mol. The molecular formula is C24H24N3O2+. The summed E-state index contributed by atoms with van der Waals surface area (Å²) in [5, 5.41) is 15.4. The van der Waals surface area contributed by atoms with Crippen LogP contribution in [0.3, 0.4) is 0 Å². The van der Waals surface area contributed by atoms with Crippen molar-refractivity contribution in [2.75, 3.05) is 11.9 Å². The zero-order valence-corrected chi connectivity index (χ0v) is 16.3. The summed E-state index contributed by atoms with van der Waals surface area (Å²) in [7, 11) is 0. The number of fused-ring (bicyclic) bond motifs is 1. The van der Waals surface area contributed by atoms with Crippen molar-refractivity contribution in [3.05, 3.63) is 90.3 Å². The lowest BCUT2D eigenvalue weighted by atomic mass is 9.96. The van der Waals surface area contributed by atoms with Crippen LogP contribution in [0.25, 0.3) is 10.9 Å². The van der Waals surface area contributed by atoms with Gasteiger partial charge in [0.25, 0.3) is 5.82 Å².